The molecule has 0 spiro atoms. The first kappa shape index (κ1) is 20.6. The molecule has 2 aliphatic heterocycles. The zero-order chi connectivity index (χ0) is 19.4. The molecule has 0 aromatic rings. The van der Waals surface area contributed by atoms with E-state index in [0.29, 0.717) is 31.4 Å². The zero-order valence-corrected chi connectivity index (χ0v) is 16.7. The van der Waals surface area contributed by atoms with E-state index in [2.05, 4.69) is 24.1 Å². The van der Waals surface area contributed by atoms with E-state index in [-0.39, 0.29) is 24.6 Å². The second-order valence-corrected chi connectivity index (χ2v) is 8.82. The molecule has 2 N–H and O–H groups in total. The Morgan fingerprint density at radius 3 is 2.78 bits per heavy atom. The van der Waals surface area contributed by atoms with Crippen LogP contribution in [-0.4, -0.2) is 84.3 Å². The molecule has 27 heavy (non-hydrogen) atoms. The van der Waals surface area contributed by atoms with Gasteiger partial charge in [-0.15, -0.1) is 0 Å². The van der Waals surface area contributed by atoms with E-state index < -0.39 is 12.0 Å². The number of carbonyl (C=O) groups is 2. The van der Waals surface area contributed by atoms with Gasteiger partial charge in [0, 0.05) is 32.2 Å². The number of aliphatic carboxylic acids is 1. The number of nitrogens with zero attached hydrogens (tertiary/aromatic N) is 2. The Labute approximate surface area is 162 Å². The predicted octanol–water partition coefficient (Wildman–Crippen LogP) is 1.18. The molecule has 3 fully saturated rings. The lowest BCUT2D eigenvalue weighted by atomic mass is 9.85. The average Bonchev–Trinajstić information content (AvgIpc) is 2.99. The van der Waals surface area contributed by atoms with Crippen LogP contribution in [0, 0.1) is 11.8 Å². The minimum atomic E-state index is -0.794. The van der Waals surface area contributed by atoms with Crippen LogP contribution in [0.25, 0.3) is 0 Å². The summed E-state index contributed by atoms with van der Waals surface area (Å²) in [6, 6.07) is -0.269. The quantitative estimate of drug-likeness (QED) is 0.689. The van der Waals surface area contributed by atoms with Crippen molar-refractivity contribution in [3.8, 4) is 0 Å². The second kappa shape index (κ2) is 9.34. The van der Waals surface area contributed by atoms with Crippen molar-refractivity contribution in [2.24, 2.45) is 11.8 Å². The molecular formula is C20H35N3O4. The molecule has 1 aliphatic carbocycles. The van der Waals surface area contributed by atoms with Crippen LogP contribution in [0.2, 0.25) is 0 Å². The van der Waals surface area contributed by atoms with Crippen LogP contribution in [0.15, 0.2) is 0 Å². The number of fused-ring (bicyclic) bond motifs is 1. The van der Waals surface area contributed by atoms with Gasteiger partial charge >= 0.3 is 5.97 Å². The van der Waals surface area contributed by atoms with E-state index >= 15 is 0 Å². The number of carboxylic acids is 1. The minimum Gasteiger partial charge on any atom is -0.480 e. The van der Waals surface area contributed by atoms with E-state index in [1.54, 1.807) is 0 Å². The number of hydrogen-bond donors (Lipinski definition) is 2. The van der Waals surface area contributed by atoms with Crippen molar-refractivity contribution in [1.82, 2.24) is 15.1 Å². The standard InChI is InChI=1S/C20H35N3O4/c1-14(2)11-22-7-8-27-16(12-22)10-21-19(24)13-23-17-6-4-3-5-15(17)9-18(23)20(25)26/h14-18H,3-13H2,1-2H3,(H,21,24)(H,25,26). The molecule has 7 heteroatoms. The highest BCUT2D eigenvalue weighted by Crippen LogP contribution is 2.39. The fraction of sp³-hybridized carbons (Fsp3) is 0.900. The van der Waals surface area contributed by atoms with Crippen molar-refractivity contribution < 1.29 is 19.4 Å². The molecule has 4 atom stereocenters. The molecule has 7 nitrogen and oxygen atoms in total. The van der Waals surface area contributed by atoms with Crippen LogP contribution in [0.1, 0.15) is 46.0 Å². The van der Waals surface area contributed by atoms with Crippen molar-refractivity contribution >= 4 is 11.9 Å². The molecule has 4 unspecified atom stereocenters. The van der Waals surface area contributed by atoms with Gasteiger partial charge in [-0.3, -0.25) is 19.4 Å². The highest BCUT2D eigenvalue weighted by molar-refractivity contribution is 5.80. The van der Waals surface area contributed by atoms with Crippen molar-refractivity contribution in [3.63, 3.8) is 0 Å². The summed E-state index contributed by atoms with van der Waals surface area (Å²) in [6.45, 7) is 8.62. The SMILES string of the molecule is CC(C)CN1CCOC(CNC(=O)CN2C(C(=O)O)CC3CCCCC32)C1. The molecule has 154 valence electrons. The van der Waals surface area contributed by atoms with E-state index in [0.717, 1.165) is 38.9 Å². The zero-order valence-electron chi connectivity index (χ0n) is 16.7. The topological polar surface area (TPSA) is 82.1 Å². The molecule has 3 aliphatic rings. The molecule has 0 radical (unpaired) electrons. The summed E-state index contributed by atoms with van der Waals surface area (Å²) in [5.74, 6) is 0.165. The number of morpholine rings is 1. The summed E-state index contributed by atoms with van der Waals surface area (Å²) < 4.78 is 5.79. The largest absolute Gasteiger partial charge is 0.480 e. The molecule has 0 bridgehead atoms. The third-order valence-electron chi connectivity index (χ3n) is 6.21. The van der Waals surface area contributed by atoms with Crippen LogP contribution in [0.4, 0.5) is 0 Å². The summed E-state index contributed by atoms with van der Waals surface area (Å²) in [5.41, 5.74) is 0. The maximum atomic E-state index is 12.5. The van der Waals surface area contributed by atoms with Gasteiger partial charge in [-0.1, -0.05) is 26.7 Å². The van der Waals surface area contributed by atoms with Crippen LogP contribution < -0.4 is 5.32 Å². The first-order valence-electron chi connectivity index (χ1n) is 10.5. The van der Waals surface area contributed by atoms with Gasteiger partial charge in [0.25, 0.3) is 0 Å². The maximum absolute atomic E-state index is 12.5. The number of amides is 1. The van der Waals surface area contributed by atoms with Crippen molar-refractivity contribution in [2.45, 2.75) is 64.1 Å². The fourth-order valence-corrected chi connectivity index (χ4v) is 5.06. The number of ether oxygens (including phenoxy) is 1. The Morgan fingerprint density at radius 1 is 1.26 bits per heavy atom. The highest BCUT2D eigenvalue weighted by Gasteiger charge is 2.45. The van der Waals surface area contributed by atoms with Gasteiger partial charge in [0.15, 0.2) is 0 Å². The predicted molar refractivity (Wildman–Crippen MR) is 103 cm³/mol. The fourth-order valence-electron chi connectivity index (χ4n) is 5.06. The van der Waals surface area contributed by atoms with Crippen LogP contribution in [0.5, 0.6) is 0 Å². The summed E-state index contributed by atoms with van der Waals surface area (Å²) >= 11 is 0. The Kier molecular flexibility index (Phi) is 7.11. The number of nitrogens with one attached hydrogen (secondary N) is 1. The number of carboxylic acid groups (broad SMARTS) is 1. The van der Waals surface area contributed by atoms with E-state index in [4.69, 9.17) is 4.74 Å². The minimum absolute atomic E-state index is 0.0118. The van der Waals surface area contributed by atoms with Crippen LogP contribution in [0.3, 0.4) is 0 Å². The molecule has 1 saturated carbocycles. The van der Waals surface area contributed by atoms with Gasteiger partial charge in [0.2, 0.25) is 5.91 Å². The normalized spacial score (nSPS) is 32.4. The van der Waals surface area contributed by atoms with Crippen molar-refractivity contribution in [1.29, 1.82) is 0 Å². The average molecular weight is 382 g/mol. The van der Waals surface area contributed by atoms with Gasteiger partial charge in [0.1, 0.15) is 6.04 Å². The Bertz CT molecular complexity index is 527. The lowest BCUT2D eigenvalue weighted by Crippen LogP contribution is -2.51. The van der Waals surface area contributed by atoms with E-state index in [9.17, 15) is 14.7 Å². The van der Waals surface area contributed by atoms with Crippen molar-refractivity contribution in [2.75, 3.05) is 39.3 Å². The van der Waals surface area contributed by atoms with Gasteiger partial charge < -0.3 is 15.2 Å². The highest BCUT2D eigenvalue weighted by atomic mass is 16.5. The lowest BCUT2D eigenvalue weighted by Gasteiger charge is -2.34. The molecule has 0 aromatic carbocycles. The number of likely N-dealkylation sites (tertiary alicyclic amines) is 1. The molecule has 2 heterocycles. The number of carbonyl (C=O) groups excluding carboxylic acids is 1. The molecule has 1 amide bonds. The molecule has 3 rings (SSSR count). The summed E-state index contributed by atoms with van der Waals surface area (Å²) in [6.07, 6.45) is 5.11. The van der Waals surface area contributed by atoms with Crippen molar-refractivity contribution in [3.05, 3.63) is 0 Å². The first-order valence-corrected chi connectivity index (χ1v) is 10.5. The van der Waals surface area contributed by atoms with Gasteiger partial charge in [-0.05, 0) is 31.1 Å². The molecular weight excluding hydrogens is 346 g/mol. The van der Waals surface area contributed by atoms with Gasteiger partial charge in [-0.25, -0.2) is 0 Å². The van der Waals surface area contributed by atoms with Gasteiger partial charge in [-0.2, -0.15) is 0 Å². The van der Waals surface area contributed by atoms with Crippen LogP contribution >= 0.6 is 0 Å². The van der Waals surface area contributed by atoms with E-state index in [1.165, 1.54) is 6.42 Å². The lowest BCUT2D eigenvalue weighted by molar-refractivity contribution is -0.143. The monoisotopic (exact) mass is 381 g/mol. The first-order chi connectivity index (χ1) is 12.9. The number of hydrogen-bond acceptors (Lipinski definition) is 5. The molecule has 2 saturated heterocycles. The summed E-state index contributed by atoms with van der Waals surface area (Å²) in [4.78, 5) is 28.5. The molecule has 0 aromatic heterocycles. The van der Waals surface area contributed by atoms with Crippen LogP contribution in [-0.2, 0) is 14.3 Å². The van der Waals surface area contributed by atoms with Gasteiger partial charge in [0.05, 0.1) is 19.3 Å². The number of rotatable bonds is 7. The Balaban J connectivity index is 1.48. The van der Waals surface area contributed by atoms with E-state index in [1.807, 2.05) is 4.90 Å². The third kappa shape index (κ3) is 5.42. The maximum Gasteiger partial charge on any atom is 0.320 e. The summed E-state index contributed by atoms with van der Waals surface area (Å²) in [5, 5.41) is 12.6. The smallest absolute Gasteiger partial charge is 0.320 e. The summed E-state index contributed by atoms with van der Waals surface area (Å²) in [7, 11) is 0. The third-order valence-corrected chi connectivity index (χ3v) is 6.21. The Morgan fingerprint density at radius 2 is 2.04 bits per heavy atom. The second-order valence-electron chi connectivity index (χ2n) is 8.82. The Hall–Kier alpha value is -1.18.